The summed E-state index contributed by atoms with van der Waals surface area (Å²) in [6.45, 7) is 3.45. The zero-order valence-corrected chi connectivity index (χ0v) is 34.9. The van der Waals surface area contributed by atoms with Gasteiger partial charge in [-0.3, -0.25) is 19.5 Å². The maximum Gasteiger partial charge on any atom is 0.301 e. The number of aryl methyl sites for hydroxylation is 1. The van der Waals surface area contributed by atoms with Gasteiger partial charge in [0.1, 0.15) is 5.69 Å². The predicted molar refractivity (Wildman–Crippen MR) is 251 cm³/mol. The summed E-state index contributed by atoms with van der Waals surface area (Å²) in [5.41, 5.74) is 8.85. The van der Waals surface area contributed by atoms with E-state index in [-0.39, 0.29) is 27.9 Å². The average molecular weight is 834 g/mol. The average Bonchev–Trinajstić information content (AvgIpc) is 4.17. The van der Waals surface area contributed by atoms with Crippen LogP contribution in [0.2, 0.25) is 0 Å². The molecule has 1 unspecified atom stereocenters. The lowest BCUT2D eigenvalue weighted by molar-refractivity contribution is -0.386. The van der Waals surface area contributed by atoms with Crippen LogP contribution in [0, 0.1) is 17.0 Å². The number of aliphatic imine (C=N–C) groups is 1. The van der Waals surface area contributed by atoms with Crippen LogP contribution >= 0.6 is 0 Å². The molecular formula is C54H39N7O3. The standard InChI is InChI=1S/C54H39N7O3/c1-34-23-25-40(26-24-34)60-54(39-21-13-6-14-22-39)47-32-31-46(57-47)50(38-19-11-5-12-20-38)45-30-29-44(56-45)49(37-17-9-4-10-18-37)43-28-27-42(55-43)48(36-15-7-3-8-16-36)41-33-59(53(58-60)35(2)62)52(54)51(41)61(63)64/h3-33,55,57H,1-2H3/b48-42-,49-43-,50-45-. The van der Waals surface area contributed by atoms with E-state index in [9.17, 15) is 14.9 Å². The third kappa shape index (κ3) is 5.99. The molecule has 11 rings (SSSR count). The van der Waals surface area contributed by atoms with E-state index in [4.69, 9.17) is 10.1 Å². The molecule has 3 aliphatic rings. The van der Waals surface area contributed by atoms with Crippen LogP contribution in [0.25, 0.3) is 16.7 Å². The Morgan fingerprint density at radius 1 is 0.656 bits per heavy atom. The number of hydrogen-bond donors (Lipinski definition) is 2. The Balaban J connectivity index is 1.39. The molecule has 0 radical (unpaired) electrons. The van der Waals surface area contributed by atoms with Gasteiger partial charge in [0, 0.05) is 46.2 Å². The Labute approximate surface area is 368 Å². The van der Waals surface area contributed by atoms with E-state index < -0.39 is 5.54 Å². The molecule has 0 amide bonds. The molecule has 3 aromatic heterocycles. The van der Waals surface area contributed by atoms with Gasteiger partial charge in [0.25, 0.3) is 0 Å². The molecule has 64 heavy (non-hydrogen) atoms. The summed E-state index contributed by atoms with van der Waals surface area (Å²) in [5.74, 6) is -0.331. The quantitative estimate of drug-likeness (QED) is 0.123. The van der Waals surface area contributed by atoms with E-state index in [1.807, 2.05) is 165 Å². The van der Waals surface area contributed by atoms with Crippen LogP contribution in [0.4, 0.5) is 11.4 Å². The topological polar surface area (TPSA) is 125 Å². The minimum absolute atomic E-state index is 0.0326. The molecule has 8 bridgehead atoms. The normalized spacial score (nSPS) is 19.3. The lowest BCUT2D eigenvalue weighted by Crippen LogP contribution is -2.52. The van der Waals surface area contributed by atoms with Crippen molar-refractivity contribution in [2.24, 2.45) is 10.1 Å². The Morgan fingerprint density at radius 3 is 1.84 bits per heavy atom. The van der Waals surface area contributed by atoms with Crippen molar-refractivity contribution in [3.05, 3.63) is 265 Å². The number of nitro groups is 1. The number of nitrogens with zero attached hydrogens (tertiary/aromatic N) is 5. The molecule has 8 aromatic rings. The Morgan fingerprint density at radius 2 is 1.23 bits per heavy atom. The monoisotopic (exact) mass is 833 g/mol. The van der Waals surface area contributed by atoms with Gasteiger partial charge in [-0.25, -0.2) is 10.0 Å². The lowest BCUT2D eigenvalue weighted by Gasteiger charge is -2.45. The molecule has 10 heteroatoms. The number of anilines is 1. The molecule has 2 N–H and O–H groups in total. The highest BCUT2D eigenvalue weighted by atomic mass is 16.6. The van der Waals surface area contributed by atoms with Gasteiger partial charge in [-0.2, -0.15) is 0 Å². The number of H-pyrrole nitrogens is 2. The first-order chi connectivity index (χ1) is 31.3. The number of allylic oxidation sites excluding steroid dienone is 2. The van der Waals surface area contributed by atoms with Crippen molar-refractivity contribution in [3.8, 4) is 0 Å². The van der Waals surface area contributed by atoms with Gasteiger partial charge in [0.05, 0.1) is 33.3 Å². The largest absolute Gasteiger partial charge is 0.356 e. The minimum Gasteiger partial charge on any atom is -0.356 e. The van der Waals surface area contributed by atoms with Crippen LogP contribution in [0.1, 0.15) is 57.4 Å². The zero-order valence-electron chi connectivity index (χ0n) is 34.9. The van der Waals surface area contributed by atoms with E-state index >= 15 is 0 Å². The molecule has 6 heterocycles. The van der Waals surface area contributed by atoms with Crippen molar-refractivity contribution in [3.63, 3.8) is 0 Å². The van der Waals surface area contributed by atoms with E-state index in [1.54, 1.807) is 15.8 Å². The van der Waals surface area contributed by atoms with Crippen molar-refractivity contribution in [1.29, 1.82) is 0 Å². The molecule has 10 nitrogen and oxygen atoms in total. The van der Waals surface area contributed by atoms with Crippen molar-refractivity contribution < 1.29 is 9.72 Å². The van der Waals surface area contributed by atoms with Gasteiger partial charge in [0.2, 0.25) is 5.84 Å². The van der Waals surface area contributed by atoms with Gasteiger partial charge in [0.15, 0.2) is 11.3 Å². The summed E-state index contributed by atoms with van der Waals surface area (Å²) < 4.78 is 1.65. The molecule has 308 valence electrons. The summed E-state index contributed by atoms with van der Waals surface area (Å²) in [4.78, 5) is 41.1. The number of carbonyl (C=O) groups is 1. The Hall–Kier alpha value is -8.63. The molecule has 0 fully saturated rings. The summed E-state index contributed by atoms with van der Waals surface area (Å²) >= 11 is 0. The third-order valence-corrected chi connectivity index (χ3v) is 12.2. The van der Waals surface area contributed by atoms with E-state index in [2.05, 4.69) is 34.2 Å². The summed E-state index contributed by atoms with van der Waals surface area (Å²) in [5, 5.41) is 22.8. The van der Waals surface area contributed by atoms with Crippen LogP contribution in [0.15, 0.2) is 204 Å². The number of ketones is 1. The fraction of sp³-hybridized carbons (Fsp3) is 0.0556. The molecule has 1 atom stereocenters. The third-order valence-electron chi connectivity index (χ3n) is 12.2. The molecule has 5 aromatic carbocycles. The molecule has 3 aliphatic heterocycles. The number of aromatic amines is 2. The Bertz CT molecular complexity index is 3430. The Kier molecular flexibility index (Phi) is 9.02. The van der Waals surface area contributed by atoms with E-state index in [0.29, 0.717) is 33.4 Å². The van der Waals surface area contributed by atoms with Crippen molar-refractivity contribution in [2.45, 2.75) is 19.4 Å². The van der Waals surface area contributed by atoms with Crippen LogP contribution in [-0.2, 0) is 10.3 Å². The zero-order chi connectivity index (χ0) is 43.5. The SMILES string of the molecule is CC(=O)C1=NN(c2ccc(C)cc2)C2(c3ccccc3)c3ccc([nH]3)/C(c3ccccc3)=C3/C=CC(=N3)/C(c3ccccc3)=c3/cc/c([nH]3)=C(\c3ccccc3)c3cn1c2c3[N+](=O)[O-]. The van der Waals surface area contributed by atoms with Gasteiger partial charge >= 0.3 is 5.69 Å². The van der Waals surface area contributed by atoms with E-state index in [1.165, 1.54) is 6.92 Å². The molecule has 0 spiro atoms. The van der Waals surface area contributed by atoms with Gasteiger partial charge in [-0.1, -0.05) is 139 Å². The van der Waals surface area contributed by atoms with Gasteiger partial charge < -0.3 is 9.97 Å². The predicted octanol–water partition coefficient (Wildman–Crippen LogP) is 9.15. The minimum atomic E-state index is -1.56. The number of nitrogens with one attached hydrogen (secondary N) is 2. The summed E-state index contributed by atoms with van der Waals surface area (Å²) in [6.07, 6.45) is 5.81. The number of aromatic nitrogens is 3. The van der Waals surface area contributed by atoms with Crippen LogP contribution < -0.4 is 15.7 Å². The van der Waals surface area contributed by atoms with Crippen LogP contribution in [0.3, 0.4) is 0 Å². The lowest BCUT2D eigenvalue weighted by atomic mass is 9.80. The van der Waals surface area contributed by atoms with Crippen molar-refractivity contribution >= 4 is 45.4 Å². The molecule has 0 saturated heterocycles. The number of carbonyl (C=O) groups excluding carboxylic acids is 1. The number of benzene rings is 5. The fourth-order valence-electron chi connectivity index (χ4n) is 9.44. The second-order valence-corrected chi connectivity index (χ2v) is 16.1. The van der Waals surface area contributed by atoms with Crippen LogP contribution in [-0.4, -0.2) is 36.8 Å². The second-order valence-electron chi connectivity index (χ2n) is 16.1. The van der Waals surface area contributed by atoms with Crippen molar-refractivity contribution in [2.75, 3.05) is 5.01 Å². The smallest absolute Gasteiger partial charge is 0.301 e. The fourth-order valence-corrected chi connectivity index (χ4v) is 9.44. The number of hydrazone groups is 1. The number of rotatable bonds is 7. The highest BCUT2D eigenvalue weighted by Crippen LogP contribution is 2.52. The molecule has 0 saturated carbocycles. The second kappa shape index (κ2) is 15.1. The van der Waals surface area contributed by atoms with Gasteiger partial charge in [-0.05, 0) is 77.7 Å². The van der Waals surface area contributed by atoms with Gasteiger partial charge in [-0.15, -0.1) is 5.10 Å². The number of fused-ring (bicyclic) bond motifs is 7. The molecular weight excluding hydrogens is 795 g/mol. The van der Waals surface area contributed by atoms with Crippen molar-refractivity contribution in [1.82, 2.24) is 14.5 Å². The summed E-state index contributed by atoms with van der Waals surface area (Å²) in [6, 6.07) is 55.3. The van der Waals surface area contributed by atoms with Crippen LogP contribution in [0.5, 0.6) is 0 Å². The maximum atomic E-state index is 14.4. The first-order valence-corrected chi connectivity index (χ1v) is 21.1. The number of hydrogen-bond acceptors (Lipinski definition) is 6. The van der Waals surface area contributed by atoms with E-state index in [0.717, 1.165) is 55.9 Å². The summed E-state index contributed by atoms with van der Waals surface area (Å²) in [7, 11) is 0. The first-order valence-electron chi connectivity index (χ1n) is 21.1. The molecule has 0 aliphatic carbocycles. The number of Topliss-reactive ketones (excluding diaryl/α,β-unsaturated/α-hetero) is 1. The highest BCUT2D eigenvalue weighted by molar-refractivity contribution is 6.39. The maximum absolute atomic E-state index is 14.4. The first kappa shape index (κ1) is 38.3. The highest BCUT2D eigenvalue weighted by Gasteiger charge is 2.55.